The molecule has 2 aromatic heterocycles. The van der Waals surface area contributed by atoms with Gasteiger partial charge in [-0.25, -0.2) is 14.8 Å². The number of hydrogen-bond acceptors (Lipinski definition) is 6. The zero-order chi connectivity index (χ0) is 23.1. The Bertz CT molecular complexity index is 1030. The van der Waals surface area contributed by atoms with Crippen LogP contribution < -0.4 is 10.6 Å². The zero-order valence-corrected chi connectivity index (χ0v) is 18.9. The highest BCUT2D eigenvalue weighted by Crippen LogP contribution is 2.36. The first-order valence-corrected chi connectivity index (χ1v) is 10.9. The molecule has 4 rings (SSSR count). The van der Waals surface area contributed by atoms with Gasteiger partial charge in [0, 0.05) is 23.9 Å². The van der Waals surface area contributed by atoms with Crippen molar-refractivity contribution in [3.05, 3.63) is 30.2 Å². The second-order valence-corrected chi connectivity index (χ2v) is 9.76. The molecule has 0 unspecified atom stereocenters. The van der Waals surface area contributed by atoms with Gasteiger partial charge in [0.05, 0.1) is 5.69 Å². The van der Waals surface area contributed by atoms with E-state index in [2.05, 4.69) is 32.6 Å². The Balaban J connectivity index is 1.53. The highest BCUT2D eigenvalue weighted by Gasteiger charge is 2.52. The SMILES string of the molecule is CC1CCC2(CC1)NC(=O)N(CC(=O)Nc1cc(C(C)(C)C)nn1-c1ncccn1)C2=O. The van der Waals surface area contributed by atoms with Gasteiger partial charge in [-0.3, -0.25) is 14.5 Å². The van der Waals surface area contributed by atoms with Crippen molar-refractivity contribution in [3.8, 4) is 5.95 Å². The molecule has 1 saturated heterocycles. The van der Waals surface area contributed by atoms with Crippen molar-refractivity contribution >= 4 is 23.7 Å². The summed E-state index contributed by atoms with van der Waals surface area (Å²) in [5.74, 6) is 0.398. The Hall–Kier alpha value is -3.30. The lowest BCUT2D eigenvalue weighted by molar-refractivity contribution is -0.135. The quantitative estimate of drug-likeness (QED) is 0.706. The Morgan fingerprint density at radius 1 is 1.22 bits per heavy atom. The molecule has 1 aliphatic heterocycles. The molecule has 1 saturated carbocycles. The number of aromatic nitrogens is 4. The number of carbonyl (C=O) groups excluding carboxylic acids is 3. The summed E-state index contributed by atoms with van der Waals surface area (Å²) < 4.78 is 1.45. The van der Waals surface area contributed by atoms with Crippen molar-refractivity contribution in [2.75, 3.05) is 11.9 Å². The van der Waals surface area contributed by atoms with E-state index in [1.165, 1.54) is 4.68 Å². The van der Waals surface area contributed by atoms with Crippen LogP contribution in [0.25, 0.3) is 5.95 Å². The van der Waals surface area contributed by atoms with Gasteiger partial charge < -0.3 is 10.6 Å². The van der Waals surface area contributed by atoms with Crippen molar-refractivity contribution < 1.29 is 14.4 Å². The molecule has 4 amide bonds. The van der Waals surface area contributed by atoms with Crippen LogP contribution in [0.15, 0.2) is 24.5 Å². The average Bonchev–Trinajstić information content (AvgIpc) is 3.26. The van der Waals surface area contributed by atoms with Crippen molar-refractivity contribution in [1.82, 2.24) is 30.0 Å². The fourth-order valence-electron chi connectivity index (χ4n) is 4.13. The third kappa shape index (κ3) is 4.09. The monoisotopic (exact) mass is 439 g/mol. The van der Waals surface area contributed by atoms with Crippen LogP contribution in [0.1, 0.15) is 59.1 Å². The molecule has 0 radical (unpaired) electrons. The van der Waals surface area contributed by atoms with Crippen LogP contribution in [0, 0.1) is 5.92 Å². The first-order chi connectivity index (χ1) is 15.1. The Morgan fingerprint density at radius 3 is 2.50 bits per heavy atom. The molecular weight excluding hydrogens is 410 g/mol. The van der Waals surface area contributed by atoms with Gasteiger partial charge in [0.15, 0.2) is 0 Å². The first kappa shape index (κ1) is 21.9. The van der Waals surface area contributed by atoms with E-state index in [9.17, 15) is 14.4 Å². The van der Waals surface area contributed by atoms with Crippen molar-refractivity contribution in [1.29, 1.82) is 0 Å². The molecule has 0 atom stereocenters. The molecule has 1 spiro atoms. The molecule has 0 aromatic carbocycles. The minimum Gasteiger partial charge on any atom is -0.323 e. The van der Waals surface area contributed by atoms with Gasteiger partial charge in [-0.15, -0.1) is 0 Å². The Kier molecular flexibility index (Phi) is 5.47. The minimum absolute atomic E-state index is 0.269. The van der Waals surface area contributed by atoms with Crippen molar-refractivity contribution in [2.24, 2.45) is 5.92 Å². The van der Waals surface area contributed by atoms with E-state index in [4.69, 9.17) is 0 Å². The van der Waals surface area contributed by atoms with E-state index < -0.39 is 17.5 Å². The van der Waals surface area contributed by atoms with E-state index in [-0.39, 0.29) is 17.9 Å². The summed E-state index contributed by atoms with van der Waals surface area (Å²) >= 11 is 0. The third-order valence-electron chi connectivity index (χ3n) is 6.16. The highest BCUT2D eigenvalue weighted by atomic mass is 16.2. The lowest BCUT2D eigenvalue weighted by Gasteiger charge is -2.33. The summed E-state index contributed by atoms with van der Waals surface area (Å²) in [6.45, 7) is 7.80. The van der Waals surface area contributed by atoms with Gasteiger partial charge in [-0.05, 0) is 37.7 Å². The number of imide groups is 1. The number of anilines is 1. The third-order valence-corrected chi connectivity index (χ3v) is 6.16. The molecule has 0 bridgehead atoms. The summed E-state index contributed by atoms with van der Waals surface area (Å²) in [6.07, 6.45) is 6.12. The van der Waals surface area contributed by atoms with Crippen LogP contribution in [0.5, 0.6) is 0 Å². The standard InChI is InChI=1S/C22H29N7O3/c1-14-6-8-22(9-7-14)18(31)28(20(32)26-22)13-17(30)25-16-12-15(21(2,3)4)27-29(16)19-23-10-5-11-24-19/h5,10-12,14H,6-9,13H2,1-4H3,(H,25,30)(H,26,32). The average molecular weight is 440 g/mol. The summed E-state index contributed by atoms with van der Waals surface area (Å²) in [5, 5.41) is 10.2. The smallest absolute Gasteiger partial charge is 0.323 e. The molecule has 10 heteroatoms. The molecule has 3 heterocycles. The molecule has 2 N–H and O–H groups in total. The maximum atomic E-state index is 13.0. The van der Waals surface area contributed by atoms with Crippen LogP contribution in [0.4, 0.5) is 10.6 Å². The van der Waals surface area contributed by atoms with Crippen LogP contribution >= 0.6 is 0 Å². The minimum atomic E-state index is -0.872. The van der Waals surface area contributed by atoms with Gasteiger partial charge >= 0.3 is 6.03 Å². The highest BCUT2D eigenvalue weighted by molar-refractivity contribution is 6.10. The topological polar surface area (TPSA) is 122 Å². The molecule has 2 aliphatic rings. The fraction of sp³-hybridized carbons (Fsp3) is 0.545. The molecule has 2 aromatic rings. The summed E-state index contributed by atoms with van der Waals surface area (Å²) in [5.41, 5.74) is -0.400. The second-order valence-electron chi connectivity index (χ2n) is 9.76. The molecule has 1 aliphatic carbocycles. The lowest BCUT2D eigenvalue weighted by Crippen LogP contribution is -2.49. The first-order valence-electron chi connectivity index (χ1n) is 10.9. The largest absolute Gasteiger partial charge is 0.325 e. The maximum absolute atomic E-state index is 13.0. The summed E-state index contributed by atoms with van der Waals surface area (Å²) in [4.78, 5) is 47.9. The molecule has 170 valence electrons. The number of nitrogens with one attached hydrogen (secondary N) is 2. The van der Waals surface area contributed by atoms with Crippen LogP contribution in [-0.2, 0) is 15.0 Å². The molecular formula is C22H29N7O3. The lowest BCUT2D eigenvalue weighted by atomic mass is 9.77. The second kappa shape index (κ2) is 7.99. The van der Waals surface area contributed by atoms with Crippen molar-refractivity contribution in [2.45, 2.75) is 64.3 Å². The van der Waals surface area contributed by atoms with E-state index >= 15 is 0 Å². The van der Waals surface area contributed by atoms with E-state index in [0.717, 1.165) is 23.4 Å². The number of carbonyl (C=O) groups is 3. The zero-order valence-electron chi connectivity index (χ0n) is 18.9. The maximum Gasteiger partial charge on any atom is 0.325 e. The van der Waals surface area contributed by atoms with Gasteiger partial charge in [0.1, 0.15) is 17.9 Å². The Morgan fingerprint density at radius 2 is 1.88 bits per heavy atom. The number of urea groups is 1. The molecule has 2 fully saturated rings. The van der Waals surface area contributed by atoms with Gasteiger partial charge in [0.2, 0.25) is 5.91 Å². The molecule has 10 nitrogen and oxygen atoms in total. The van der Waals surface area contributed by atoms with Crippen LogP contribution in [0.2, 0.25) is 0 Å². The fourth-order valence-corrected chi connectivity index (χ4v) is 4.13. The normalized spacial score (nSPS) is 23.5. The Labute approximate surface area is 186 Å². The molecule has 32 heavy (non-hydrogen) atoms. The van der Waals surface area contributed by atoms with Gasteiger partial charge in [-0.1, -0.05) is 27.7 Å². The van der Waals surface area contributed by atoms with Gasteiger partial charge in [-0.2, -0.15) is 9.78 Å². The number of hydrogen-bond donors (Lipinski definition) is 2. The predicted molar refractivity (Wildman–Crippen MR) is 117 cm³/mol. The van der Waals surface area contributed by atoms with Crippen molar-refractivity contribution in [3.63, 3.8) is 0 Å². The van der Waals surface area contributed by atoms with E-state index in [1.54, 1.807) is 24.5 Å². The predicted octanol–water partition coefficient (Wildman–Crippen LogP) is 2.40. The summed E-state index contributed by atoms with van der Waals surface area (Å²) in [7, 11) is 0. The van der Waals surface area contributed by atoms with E-state index in [1.807, 2.05) is 20.8 Å². The van der Waals surface area contributed by atoms with E-state index in [0.29, 0.717) is 30.5 Å². The number of amides is 4. The summed E-state index contributed by atoms with van der Waals surface area (Å²) in [6, 6.07) is 2.93. The van der Waals surface area contributed by atoms with Crippen LogP contribution in [-0.4, -0.2) is 54.6 Å². The van der Waals surface area contributed by atoms with Gasteiger partial charge in [0.25, 0.3) is 11.9 Å². The number of nitrogens with zero attached hydrogens (tertiary/aromatic N) is 5. The number of rotatable bonds is 4. The van der Waals surface area contributed by atoms with Crippen LogP contribution in [0.3, 0.4) is 0 Å².